The van der Waals surface area contributed by atoms with Gasteiger partial charge in [-0.25, -0.2) is 0 Å². The van der Waals surface area contributed by atoms with Crippen LogP contribution >= 0.6 is 0 Å². The van der Waals surface area contributed by atoms with Gasteiger partial charge in [0.25, 0.3) is 0 Å². The first kappa shape index (κ1) is 11.7. The summed E-state index contributed by atoms with van der Waals surface area (Å²) < 4.78 is 0. The first-order chi connectivity index (χ1) is 7.70. The van der Waals surface area contributed by atoms with Gasteiger partial charge in [0.2, 0.25) is 0 Å². The van der Waals surface area contributed by atoms with Gasteiger partial charge in [-0.05, 0) is 42.7 Å². The van der Waals surface area contributed by atoms with Gasteiger partial charge in [0.1, 0.15) is 0 Å². The molecule has 0 bridgehead atoms. The molecule has 1 aliphatic carbocycles. The largest absolute Gasteiger partial charge is 0.316 e. The predicted octanol–water partition coefficient (Wildman–Crippen LogP) is 3.57. The van der Waals surface area contributed by atoms with Crippen molar-refractivity contribution < 1.29 is 0 Å². The molecule has 2 rings (SSSR count). The Morgan fingerprint density at radius 3 is 2.56 bits per heavy atom. The summed E-state index contributed by atoms with van der Waals surface area (Å²) in [6.45, 7) is 7.04. The van der Waals surface area contributed by atoms with E-state index in [0.29, 0.717) is 11.3 Å². The Kier molecular flexibility index (Phi) is 3.65. The standard InChI is InChI=1S/C15H23N/c1-13(14-6-4-3-5-7-14)8-11-16-12-15(2)9-10-15/h3-7,13,16H,8-12H2,1-2H3. The Balaban J connectivity index is 1.66. The molecule has 0 heterocycles. The van der Waals surface area contributed by atoms with E-state index in [1.54, 1.807) is 0 Å². The summed E-state index contributed by atoms with van der Waals surface area (Å²) >= 11 is 0. The molecule has 1 aromatic carbocycles. The van der Waals surface area contributed by atoms with Gasteiger partial charge in [0.05, 0.1) is 0 Å². The van der Waals surface area contributed by atoms with Crippen molar-refractivity contribution in [3.63, 3.8) is 0 Å². The van der Waals surface area contributed by atoms with Crippen molar-refractivity contribution in [1.82, 2.24) is 5.32 Å². The van der Waals surface area contributed by atoms with Gasteiger partial charge >= 0.3 is 0 Å². The average molecular weight is 217 g/mol. The summed E-state index contributed by atoms with van der Waals surface area (Å²) in [7, 11) is 0. The van der Waals surface area contributed by atoms with Crippen molar-refractivity contribution >= 4 is 0 Å². The molecule has 0 aromatic heterocycles. The van der Waals surface area contributed by atoms with E-state index < -0.39 is 0 Å². The molecule has 0 amide bonds. The smallest absolute Gasteiger partial charge is 0.000517 e. The Hall–Kier alpha value is -0.820. The fourth-order valence-electron chi connectivity index (χ4n) is 2.05. The van der Waals surface area contributed by atoms with E-state index in [9.17, 15) is 0 Å². The number of hydrogen-bond acceptors (Lipinski definition) is 1. The van der Waals surface area contributed by atoms with Crippen LogP contribution in [0.3, 0.4) is 0 Å². The molecule has 0 spiro atoms. The van der Waals surface area contributed by atoms with E-state index in [2.05, 4.69) is 49.5 Å². The number of benzene rings is 1. The van der Waals surface area contributed by atoms with E-state index in [0.717, 1.165) is 6.54 Å². The first-order valence-electron chi connectivity index (χ1n) is 6.45. The van der Waals surface area contributed by atoms with Crippen molar-refractivity contribution in [2.45, 2.75) is 39.0 Å². The lowest BCUT2D eigenvalue weighted by Gasteiger charge is -2.14. The highest BCUT2D eigenvalue weighted by Crippen LogP contribution is 2.44. The zero-order valence-electron chi connectivity index (χ0n) is 10.5. The molecular weight excluding hydrogens is 194 g/mol. The zero-order chi connectivity index (χ0) is 11.4. The molecule has 1 heteroatoms. The van der Waals surface area contributed by atoms with Crippen LogP contribution in [0.15, 0.2) is 30.3 Å². The van der Waals surface area contributed by atoms with Gasteiger partial charge in [0, 0.05) is 6.54 Å². The lowest BCUT2D eigenvalue weighted by Crippen LogP contribution is -2.23. The second-order valence-electron chi connectivity index (χ2n) is 5.59. The lowest BCUT2D eigenvalue weighted by atomic mass is 9.98. The van der Waals surface area contributed by atoms with Crippen LogP contribution < -0.4 is 5.32 Å². The molecule has 1 saturated carbocycles. The molecule has 16 heavy (non-hydrogen) atoms. The summed E-state index contributed by atoms with van der Waals surface area (Å²) in [4.78, 5) is 0. The second kappa shape index (κ2) is 5.01. The molecule has 1 fully saturated rings. The summed E-state index contributed by atoms with van der Waals surface area (Å²) in [5.41, 5.74) is 2.10. The molecule has 1 aromatic rings. The lowest BCUT2D eigenvalue weighted by molar-refractivity contribution is 0.484. The van der Waals surface area contributed by atoms with Crippen LogP contribution in [0.25, 0.3) is 0 Å². The van der Waals surface area contributed by atoms with Gasteiger partial charge in [-0.1, -0.05) is 44.2 Å². The fourth-order valence-corrected chi connectivity index (χ4v) is 2.05. The van der Waals surface area contributed by atoms with Gasteiger partial charge in [0.15, 0.2) is 0 Å². The quantitative estimate of drug-likeness (QED) is 0.718. The van der Waals surface area contributed by atoms with Crippen LogP contribution in [0.1, 0.15) is 44.6 Å². The molecule has 88 valence electrons. The van der Waals surface area contributed by atoms with Gasteiger partial charge < -0.3 is 5.32 Å². The molecule has 0 saturated heterocycles. The zero-order valence-corrected chi connectivity index (χ0v) is 10.5. The Morgan fingerprint density at radius 2 is 1.94 bits per heavy atom. The van der Waals surface area contributed by atoms with Crippen molar-refractivity contribution in [2.24, 2.45) is 5.41 Å². The maximum Gasteiger partial charge on any atom is 0.000517 e. The summed E-state index contributed by atoms with van der Waals surface area (Å²) in [6.07, 6.45) is 4.06. The maximum atomic E-state index is 3.59. The van der Waals surface area contributed by atoms with E-state index >= 15 is 0 Å². The van der Waals surface area contributed by atoms with Crippen LogP contribution in [0, 0.1) is 5.41 Å². The Labute approximate surface area is 99.3 Å². The minimum Gasteiger partial charge on any atom is -0.316 e. The minimum atomic E-state index is 0.635. The minimum absolute atomic E-state index is 0.635. The molecule has 1 aliphatic rings. The predicted molar refractivity (Wildman–Crippen MR) is 69.7 cm³/mol. The van der Waals surface area contributed by atoms with Gasteiger partial charge in [-0.15, -0.1) is 0 Å². The van der Waals surface area contributed by atoms with Crippen molar-refractivity contribution in [3.8, 4) is 0 Å². The maximum absolute atomic E-state index is 3.59. The highest BCUT2D eigenvalue weighted by Gasteiger charge is 2.36. The number of rotatable bonds is 6. The molecule has 1 N–H and O–H groups in total. The Morgan fingerprint density at radius 1 is 1.25 bits per heavy atom. The second-order valence-corrected chi connectivity index (χ2v) is 5.59. The number of hydrogen-bond donors (Lipinski definition) is 1. The summed E-state index contributed by atoms with van der Waals surface area (Å²) in [6, 6.07) is 10.8. The topological polar surface area (TPSA) is 12.0 Å². The van der Waals surface area contributed by atoms with Crippen LogP contribution in [0.2, 0.25) is 0 Å². The highest BCUT2D eigenvalue weighted by molar-refractivity contribution is 5.18. The van der Waals surface area contributed by atoms with Crippen LogP contribution in [-0.4, -0.2) is 13.1 Å². The average Bonchev–Trinajstić information content (AvgIpc) is 3.04. The molecule has 1 unspecified atom stereocenters. The third kappa shape index (κ3) is 3.34. The Bertz CT molecular complexity index is 313. The molecule has 1 atom stereocenters. The van der Waals surface area contributed by atoms with Crippen LogP contribution in [-0.2, 0) is 0 Å². The molecule has 1 nitrogen and oxygen atoms in total. The molecular formula is C15H23N. The van der Waals surface area contributed by atoms with Gasteiger partial charge in [-0.3, -0.25) is 0 Å². The van der Waals surface area contributed by atoms with Gasteiger partial charge in [-0.2, -0.15) is 0 Å². The first-order valence-corrected chi connectivity index (χ1v) is 6.45. The van der Waals surface area contributed by atoms with Crippen molar-refractivity contribution in [1.29, 1.82) is 0 Å². The molecule has 0 aliphatic heterocycles. The molecule has 0 radical (unpaired) electrons. The van der Waals surface area contributed by atoms with E-state index in [-0.39, 0.29) is 0 Å². The van der Waals surface area contributed by atoms with Crippen molar-refractivity contribution in [3.05, 3.63) is 35.9 Å². The summed E-state index contributed by atoms with van der Waals surface area (Å²) in [5, 5.41) is 3.59. The third-order valence-electron chi connectivity index (χ3n) is 3.78. The SMILES string of the molecule is CC(CCNCC1(C)CC1)c1ccccc1. The fraction of sp³-hybridized carbons (Fsp3) is 0.600. The van der Waals surface area contributed by atoms with E-state index in [4.69, 9.17) is 0 Å². The summed E-state index contributed by atoms with van der Waals surface area (Å²) in [5.74, 6) is 0.667. The van der Waals surface area contributed by atoms with Crippen molar-refractivity contribution in [2.75, 3.05) is 13.1 Å². The van der Waals surface area contributed by atoms with E-state index in [1.807, 2.05) is 0 Å². The third-order valence-corrected chi connectivity index (χ3v) is 3.78. The number of nitrogens with one attached hydrogen (secondary N) is 1. The van der Waals surface area contributed by atoms with Crippen LogP contribution in [0.5, 0.6) is 0 Å². The monoisotopic (exact) mass is 217 g/mol. The van der Waals surface area contributed by atoms with Crippen LogP contribution in [0.4, 0.5) is 0 Å². The van der Waals surface area contributed by atoms with E-state index in [1.165, 1.54) is 31.4 Å². The highest BCUT2D eigenvalue weighted by atomic mass is 14.9. The normalized spacial score (nSPS) is 19.4.